The molecular weight excluding hydrogens is 378 g/mol. The molecule has 0 fully saturated rings. The average Bonchev–Trinajstić information content (AvgIpc) is 3.01. The summed E-state index contributed by atoms with van der Waals surface area (Å²) in [6.45, 7) is 0. The number of fused-ring (bicyclic) bond motifs is 1. The Morgan fingerprint density at radius 2 is 2.00 bits per heavy atom. The monoisotopic (exact) mass is 381 g/mol. The summed E-state index contributed by atoms with van der Waals surface area (Å²) in [6, 6.07) is 4.40. The van der Waals surface area contributed by atoms with Crippen molar-refractivity contribution in [2.75, 3.05) is 5.32 Å². The van der Waals surface area contributed by atoms with Gasteiger partial charge >= 0.3 is 6.18 Å². The van der Waals surface area contributed by atoms with Crippen LogP contribution in [0.25, 0.3) is 4.96 Å². The molecule has 2 heterocycles. The number of rotatable bonds is 2. The lowest BCUT2D eigenvalue weighted by atomic mass is 10.3. The summed E-state index contributed by atoms with van der Waals surface area (Å²) in [5, 5.41) is 12.7. The van der Waals surface area contributed by atoms with E-state index >= 15 is 0 Å². The van der Waals surface area contributed by atoms with Crippen LogP contribution in [-0.2, 0) is 6.18 Å². The summed E-state index contributed by atoms with van der Waals surface area (Å²) in [5.41, 5.74) is 0.214. The quantitative estimate of drug-likeness (QED) is 0.733. The highest BCUT2D eigenvalue weighted by Gasteiger charge is 2.38. The second-order valence-corrected chi connectivity index (χ2v) is 6.00. The molecule has 0 aliphatic carbocycles. The van der Waals surface area contributed by atoms with Gasteiger partial charge in [0.2, 0.25) is 9.97 Å². The summed E-state index contributed by atoms with van der Waals surface area (Å²) in [4.78, 5) is 11.9. The number of amides is 1. The van der Waals surface area contributed by atoms with Crippen LogP contribution in [0.15, 0.2) is 18.2 Å². The molecule has 0 radical (unpaired) electrons. The number of halogens is 5. The third-order valence-corrected chi connectivity index (χ3v) is 4.08. The van der Waals surface area contributed by atoms with Gasteiger partial charge in [-0.2, -0.15) is 17.7 Å². The van der Waals surface area contributed by atoms with Gasteiger partial charge in [-0.3, -0.25) is 4.79 Å². The highest BCUT2D eigenvalue weighted by atomic mass is 35.5. The minimum atomic E-state index is -4.72. The second-order valence-electron chi connectivity index (χ2n) is 4.20. The first-order valence-electron chi connectivity index (χ1n) is 5.81. The van der Waals surface area contributed by atoms with Crippen LogP contribution in [0.3, 0.4) is 0 Å². The Labute approximate surface area is 139 Å². The second kappa shape index (κ2) is 5.62. The van der Waals surface area contributed by atoms with Gasteiger partial charge in [0.05, 0.1) is 10.7 Å². The zero-order valence-corrected chi connectivity index (χ0v) is 13.1. The molecule has 0 atom stereocenters. The molecule has 1 N–H and O–H groups in total. The molecule has 1 aromatic carbocycles. The molecule has 23 heavy (non-hydrogen) atoms. The Morgan fingerprint density at radius 3 is 2.70 bits per heavy atom. The number of nitrogens with zero attached hydrogens (tertiary/aromatic N) is 4. The van der Waals surface area contributed by atoms with Crippen molar-refractivity contribution in [2.24, 2.45) is 0 Å². The van der Waals surface area contributed by atoms with E-state index in [1.807, 2.05) is 0 Å². The fraction of sp³-hybridized carbons (Fsp3) is 0.0909. The third-order valence-electron chi connectivity index (χ3n) is 2.62. The van der Waals surface area contributed by atoms with Crippen LogP contribution in [0.2, 0.25) is 10.0 Å². The predicted molar refractivity (Wildman–Crippen MR) is 78.1 cm³/mol. The van der Waals surface area contributed by atoms with E-state index < -0.39 is 17.9 Å². The van der Waals surface area contributed by atoms with E-state index in [1.54, 1.807) is 0 Å². The molecule has 12 heteroatoms. The van der Waals surface area contributed by atoms with Gasteiger partial charge in [0.25, 0.3) is 11.7 Å². The van der Waals surface area contributed by atoms with E-state index in [0.717, 1.165) is 0 Å². The maximum absolute atomic E-state index is 12.7. The molecule has 2 aromatic heterocycles. The fourth-order valence-corrected chi connectivity index (χ4v) is 2.73. The van der Waals surface area contributed by atoms with E-state index in [-0.39, 0.29) is 20.7 Å². The van der Waals surface area contributed by atoms with Gasteiger partial charge in [0.15, 0.2) is 0 Å². The normalized spacial score (nSPS) is 11.9. The Kier molecular flexibility index (Phi) is 3.90. The van der Waals surface area contributed by atoms with E-state index in [1.165, 1.54) is 18.2 Å². The van der Waals surface area contributed by atoms with E-state index in [0.29, 0.717) is 20.9 Å². The highest BCUT2D eigenvalue weighted by molar-refractivity contribution is 7.18. The van der Waals surface area contributed by atoms with Crippen LogP contribution in [0.5, 0.6) is 0 Å². The molecule has 0 aliphatic heterocycles. The molecule has 0 spiro atoms. The maximum Gasteiger partial charge on any atom is 0.453 e. The molecule has 0 saturated carbocycles. The Bertz CT molecular complexity index is 907. The van der Waals surface area contributed by atoms with Crippen molar-refractivity contribution < 1.29 is 18.0 Å². The summed E-state index contributed by atoms with van der Waals surface area (Å²) in [7, 11) is 0. The van der Waals surface area contributed by atoms with Crippen LogP contribution < -0.4 is 5.32 Å². The lowest BCUT2D eigenvalue weighted by Crippen LogP contribution is -2.15. The zero-order valence-electron chi connectivity index (χ0n) is 10.7. The number of carbonyl (C=O) groups excluding carboxylic acids is 1. The highest BCUT2D eigenvalue weighted by Crippen LogP contribution is 2.30. The zero-order chi connectivity index (χ0) is 16.8. The summed E-state index contributed by atoms with van der Waals surface area (Å²) < 4.78 is 38.6. The first-order chi connectivity index (χ1) is 10.8. The summed E-state index contributed by atoms with van der Waals surface area (Å²) in [5.74, 6) is -2.04. The molecule has 0 saturated heterocycles. The Morgan fingerprint density at radius 1 is 1.26 bits per heavy atom. The number of hydrogen-bond acceptors (Lipinski definition) is 5. The van der Waals surface area contributed by atoms with E-state index in [9.17, 15) is 18.0 Å². The summed E-state index contributed by atoms with van der Waals surface area (Å²) >= 11 is 12.4. The van der Waals surface area contributed by atoms with Crippen LogP contribution in [0, 0.1) is 0 Å². The van der Waals surface area contributed by atoms with Gasteiger partial charge in [0, 0.05) is 5.02 Å². The smallest absolute Gasteiger partial charge is 0.318 e. The number of aromatic nitrogens is 4. The molecular formula is C11H4Cl2F3N5OS. The van der Waals surface area contributed by atoms with Gasteiger partial charge in [-0.25, -0.2) is 0 Å². The minimum absolute atomic E-state index is 0.153. The van der Waals surface area contributed by atoms with Crippen LogP contribution in [0.1, 0.15) is 15.6 Å². The molecule has 0 aliphatic rings. The molecule has 6 nitrogen and oxygen atoms in total. The largest absolute Gasteiger partial charge is 0.453 e. The van der Waals surface area contributed by atoms with Gasteiger partial charge < -0.3 is 5.32 Å². The lowest BCUT2D eigenvalue weighted by Gasteiger charge is -2.05. The van der Waals surface area contributed by atoms with Crippen molar-refractivity contribution in [3.63, 3.8) is 0 Å². The Balaban J connectivity index is 1.92. The lowest BCUT2D eigenvalue weighted by molar-refractivity contribution is -0.146. The van der Waals surface area contributed by atoms with Crippen LogP contribution >= 0.6 is 34.5 Å². The standard InChI is InChI=1S/C11H4Cl2F3N5OS/c12-4-1-2-5(13)6(3-4)17-7(22)8-20-21-9(11(14,15)16)18-19-10(21)23-8/h1-3H,(H,17,22). The summed E-state index contributed by atoms with van der Waals surface area (Å²) in [6.07, 6.45) is -4.72. The maximum atomic E-state index is 12.7. The van der Waals surface area contributed by atoms with Crippen molar-refractivity contribution >= 4 is 51.1 Å². The molecule has 120 valence electrons. The first kappa shape index (κ1) is 16.0. The predicted octanol–water partition coefficient (Wildman–Crippen LogP) is 3.76. The van der Waals surface area contributed by atoms with Crippen LogP contribution in [-0.4, -0.2) is 25.7 Å². The average molecular weight is 382 g/mol. The fourth-order valence-electron chi connectivity index (χ4n) is 1.65. The third kappa shape index (κ3) is 3.09. The van der Waals surface area contributed by atoms with Crippen LogP contribution in [0.4, 0.5) is 18.9 Å². The first-order valence-corrected chi connectivity index (χ1v) is 7.39. The van der Waals surface area contributed by atoms with Gasteiger partial charge in [-0.15, -0.1) is 15.3 Å². The molecule has 3 aromatic rings. The number of benzene rings is 1. The number of nitrogens with one attached hydrogen (secondary N) is 1. The molecule has 0 unspecified atom stereocenters. The number of hydrogen-bond donors (Lipinski definition) is 1. The van der Waals surface area contributed by atoms with Crippen molar-refractivity contribution in [3.8, 4) is 0 Å². The topological polar surface area (TPSA) is 72.2 Å². The molecule has 3 rings (SSSR count). The molecule has 1 amide bonds. The number of carbonyl (C=O) groups is 1. The van der Waals surface area contributed by atoms with E-state index in [2.05, 4.69) is 20.6 Å². The van der Waals surface area contributed by atoms with E-state index in [4.69, 9.17) is 23.2 Å². The number of alkyl halides is 3. The molecule has 0 bridgehead atoms. The minimum Gasteiger partial charge on any atom is -0.318 e. The Hall–Kier alpha value is -1.91. The van der Waals surface area contributed by atoms with Crippen molar-refractivity contribution in [2.45, 2.75) is 6.18 Å². The van der Waals surface area contributed by atoms with Gasteiger partial charge in [-0.1, -0.05) is 34.5 Å². The SMILES string of the molecule is O=C(Nc1cc(Cl)ccc1Cl)c1nn2c(C(F)(F)F)nnc2s1. The van der Waals surface area contributed by atoms with Crippen molar-refractivity contribution in [1.82, 2.24) is 19.8 Å². The van der Waals surface area contributed by atoms with Gasteiger partial charge in [-0.05, 0) is 18.2 Å². The number of anilines is 1. The van der Waals surface area contributed by atoms with Gasteiger partial charge in [0.1, 0.15) is 0 Å². The van der Waals surface area contributed by atoms with Crippen molar-refractivity contribution in [1.29, 1.82) is 0 Å². The van der Waals surface area contributed by atoms with Crippen molar-refractivity contribution in [3.05, 3.63) is 39.1 Å².